The number of nitrogens with zero attached hydrogens (tertiary/aromatic N) is 2. The first-order valence-electron chi connectivity index (χ1n) is 8.07. The fourth-order valence-electron chi connectivity index (χ4n) is 2.97. The van der Waals surface area contributed by atoms with Gasteiger partial charge in [-0.25, -0.2) is 0 Å². The van der Waals surface area contributed by atoms with Crippen LogP contribution in [0.4, 0.5) is 5.69 Å². The third-order valence-corrected chi connectivity index (χ3v) is 4.41. The van der Waals surface area contributed by atoms with E-state index in [9.17, 15) is 10.5 Å². The lowest BCUT2D eigenvalue weighted by molar-refractivity contribution is 0.415. The van der Waals surface area contributed by atoms with E-state index >= 15 is 0 Å². The lowest BCUT2D eigenvalue weighted by atomic mass is 9.92. The lowest BCUT2D eigenvalue weighted by Gasteiger charge is -2.12. The van der Waals surface area contributed by atoms with Crippen molar-refractivity contribution in [2.75, 3.05) is 12.8 Å². The number of hydrogen-bond donors (Lipinski definition) is 1. The van der Waals surface area contributed by atoms with Gasteiger partial charge in [-0.2, -0.15) is 10.5 Å². The van der Waals surface area contributed by atoms with Crippen LogP contribution in [0.15, 0.2) is 54.6 Å². The molecule has 26 heavy (non-hydrogen) atoms. The van der Waals surface area contributed by atoms with Crippen molar-refractivity contribution in [1.82, 2.24) is 0 Å². The van der Waals surface area contributed by atoms with Gasteiger partial charge in [-0.05, 0) is 47.4 Å². The van der Waals surface area contributed by atoms with E-state index in [1.165, 1.54) is 0 Å². The van der Waals surface area contributed by atoms with Gasteiger partial charge in [0.05, 0.1) is 23.9 Å². The number of aryl methyl sites for hydroxylation is 1. The van der Waals surface area contributed by atoms with Crippen LogP contribution < -0.4 is 10.5 Å². The fraction of sp³-hybridized carbons (Fsp3) is 0.0909. The molecule has 0 atom stereocenters. The van der Waals surface area contributed by atoms with Crippen LogP contribution in [-0.4, -0.2) is 7.11 Å². The molecule has 4 nitrogen and oxygen atoms in total. The van der Waals surface area contributed by atoms with E-state index in [2.05, 4.69) is 12.1 Å². The van der Waals surface area contributed by atoms with Crippen LogP contribution in [0.5, 0.6) is 5.75 Å². The molecule has 0 spiro atoms. The first kappa shape index (κ1) is 17.1. The standard InChI is InChI=1S/C22H17N3O/c1-14-11-19(21(13-24)22(25)20(14)12-23)17-5-3-15(4-6-17)16-7-9-18(26-2)10-8-16/h3-11H,25H2,1-2H3. The molecule has 0 amide bonds. The summed E-state index contributed by atoms with van der Waals surface area (Å²) in [5.41, 5.74) is 11.5. The van der Waals surface area contributed by atoms with E-state index in [1.54, 1.807) is 7.11 Å². The molecule has 0 radical (unpaired) electrons. The SMILES string of the molecule is COc1ccc(-c2ccc(-c3cc(C)c(C#N)c(N)c3C#N)cc2)cc1. The Morgan fingerprint density at radius 2 is 1.31 bits per heavy atom. The minimum absolute atomic E-state index is 0.240. The Balaban J connectivity index is 2.04. The number of benzene rings is 3. The van der Waals surface area contributed by atoms with Gasteiger partial charge >= 0.3 is 0 Å². The van der Waals surface area contributed by atoms with Gasteiger partial charge in [-0.1, -0.05) is 36.4 Å². The Labute approximate surface area is 152 Å². The van der Waals surface area contributed by atoms with Gasteiger partial charge in [0.15, 0.2) is 0 Å². The molecule has 3 aromatic carbocycles. The smallest absolute Gasteiger partial charge is 0.118 e. The van der Waals surface area contributed by atoms with Gasteiger partial charge in [0.25, 0.3) is 0 Å². The normalized spacial score (nSPS) is 10.0. The molecule has 0 heterocycles. The van der Waals surface area contributed by atoms with E-state index < -0.39 is 0 Å². The molecule has 0 bridgehead atoms. The van der Waals surface area contributed by atoms with Crippen LogP contribution in [0.25, 0.3) is 22.3 Å². The van der Waals surface area contributed by atoms with E-state index in [1.807, 2.05) is 61.5 Å². The highest BCUT2D eigenvalue weighted by Gasteiger charge is 2.15. The molecule has 3 aromatic rings. The van der Waals surface area contributed by atoms with Crippen molar-refractivity contribution in [3.05, 3.63) is 71.3 Å². The number of nitrogens with two attached hydrogens (primary N) is 1. The van der Waals surface area contributed by atoms with Crippen molar-refractivity contribution in [2.24, 2.45) is 0 Å². The van der Waals surface area contributed by atoms with Gasteiger partial charge in [0.1, 0.15) is 17.9 Å². The predicted octanol–water partition coefficient (Wildman–Crippen LogP) is 4.66. The molecule has 0 aliphatic carbocycles. The van der Waals surface area contributed by atoms with Crippen molar-refractivity contribution in [3.8, 4) is 40.1 Å². The summed E-state index contributed by atoms with van der Waals surface area (Å²) >= 11 is 0. The molecule has 0 saturated carbocycles. The van der Waals surface area contributed by atoms with Crippen LogP contribution in [0.1, 0.15) is 16.7 Å². The molecular formula is C22H17N3O. The number of methoxy groups -OCH3 is 1. The average molecular weight is 339 g/mol. The third-order valence-electron chi connectivity index (χ3n) is 4.41. The zero-order chi connectivity index (χ0) is 18.7. The summed E-state index contributed by atoms with van der Waals surface area (Å²) in [5, 5.41) is 18.7. The Bertz CT molecular complexity index is 1040. The second-order valence-corrected chi connectivity index (χ2v) is 5.93. The summed E-state index contributed by atoms with van der Waals surface area (Å²) in [7, 11) is 1.64. The molecule has 3 rings (SSSR count). The van der Waals surface area contributed by atoms with Gasteiger partial charge in [-0.3, -0.25) is 0 Å². The van der Waals surface area contributed by atoms with E-state index in [-0.39, 0.29) is 5.69 Å². The zero-order valence-electron chi connectivity index (χ0n) is 14.6. The molecule has 0 fully saturated rings. The number of ether oxygens (including phenoxy) is 1. The molecule has 0 aromatic heterocycles. The van der Waals surface area contributed by atoms with Crippen LogP contribution in [0.2, 0.25) is 0 Å². The van der Waals surface area contributed by atoms with Crippen molar-refractivity contribution < 1.29 is 4.74 Å². The summed E-state index contributed by atoms with van der Waals surface area (Å²) in [6.45, 7) is 1.82. The molecule has 0 aliphatic rings. The van der Waals surface area contributed by atoms with Crippen molar-refractivity contribution in [3.63, 3.8) is 0 Å². The maximum Gasteiger partial charge on any atom is 0.118 e. The maximum atomic E-state index is 9.50. The molecular weight excluding hydrogens is 322 g/mol. The quantitative estimate of drug-likeness (QED) is 0.703. The van der Waals surface area contributed by atoms with Gasteiger partial charge in [-0.15, -0.1) is 0 Å². The number of nitriles is 2. The Morgan fingerprint density at radius 1 is 0.808 bits per heavy atom. The Kier molecular flexibility index (Phi) is 4.60. The average Bonchev–Trinajstić information content (AvgIpc) is 2.68. The Hall–Kier alpha value is -3.76. The molecule has 0 saturated heterocycles. The molecule has 2 N–H and O–H groups in total. The van der Waals surface area contributed by atoms with Crippen molar-refractivity contribution >= 4 is 5.69 Å². The summed E-state index contributed by atoms with van der Waals surface area (Å²) in [6, 6.07) is 21.8. The van der Waals surface area contributed by atoms with Crippen molar-refractivity contribution in [1.29, 1.82) is 10.5 Å². The summed E-state index contributed by atoms with van der Waals surface area (Å²) in [4.78, 5) is 0. The summed E-state index contributed by atoms with van der Waals surface area (Å²) in [6.07, 6.45) is 0. The Morgan fingerprint density at radius 3 is 1.81 bits per heavy atom. The van der Waals surface area contributed by atoms with Crippen LogP contribution >= 0.6 is 0 Å². The molecule has 126 valence electrons. The summed E-state index contributed by atoms with van der Waals surface area (Å²) < 4.78 is 5.18. The monoisotopic (exact) mass is 339 g/mol. The number of hydrogen-bond acceptors (Lipinski definition) is 4. The van der Waals surface area contributed by atoms with Gasteiger partial charge in [0.2, 0.25) is 0 Å². The minimum Gasteiger partial charge on any atom is -0.497 e. The highest BCUT2D eigenvalue weighted by molar-refractivity contribution is 5.82. The second-order valence-electron chi connectivity index (χ2n) is 5.93. The number of anilines is 1. The second kappa shape index (κ2) is 7.01. The topological polar surface area (TPSA) is 82.8 Å². The number of rotatable bonds is 3. The fourth-order valence-corrected chi connectivity index (χ4v) is 2.97. The highest BCUT2D eigenvalue weighted by Crippen LogP contribution is 2.33. The zero-order valence-corrected chi connectivity index (χ0v) is 14.6. The van der Waals surface area contributed by atoms with Crippen LogP contribution in [0.3, 0.4) is 0 Å². The molecule has 0 aliphatic heterocycles. The van der Waals surface area contributed by atoms with Crippen LogP contribution in [-0.2, 0) is 0 Å². The van der Waals surface area contributed by atoms with E-state index in [4.69, 9.17) is 10.5 Å². The number of nitrogen functional groups attached to an aromatic ring is 1. The highest BCUT2D eigenvalue weighted by atomic mass is 16.5. The summed E-state index contributed by atoms with van der Waals surface area (Å²) in [5.74, 6) is 0.813. The van der Waals surface area contributed by atoms with E-state index in [0.717, 1.165) is 33.6 Å². The molecule has 4 heteroatoms. The van der Waals surface area contributed by atoms with Crippen LogP contribution in [0, 0.1) is 29.6 Å². The van der Waals surface area contributed by atoms with Gasteiger partial charge in [0, 0.05) is 5.56 Å². The maximum absolute atomic E-state index is 9.50. The molecule has 0 unspecified atom stereocenters. The third kappa shape index (κ3) is 2.97. The van der Waals surface area contributed by atoms with Crippen molar-refractivity contribution in [2.45, 2.75) is 6.92 Å². The first-order valence-corrected chi connectivity index (χ1v) is 8.07. The lowest BCUT2D eigenvalue weighted by Crippen LogP contribution is -2.00. The van der Waals surface area contributed by atoms with Gasteiger partial charge < -0.3 is 10.5 Å². The predicted molar refractivity (Wildman–Crippen MR) is 102 cm³/mol. The van der Waals surface area contributed by atoms with E-state index in [0.29, 0.717) is 11.1 Å². The minimum atomic E-state index is 0.240. The first-order chi connectivity index (χ1) is 12.6. The largest absolute Gasteiger partial charge is 0.497 e.